The van der Waals surface area contributed by atoms with Gasteiger partial charge < -0.3 is 14.7 Å². The van der Waals surface area contributed by atoms with Crippen LogP contribution in [0.3, 0.4) is 0 Å². The van der Waals surface area contributed by atoms with Crippen molar-refractivity contribution < 1.29 is 9.21 Å². The largest absolute Gasteiger partial charge is 0.469 e. The van der Waals surface area contributed by atoms with Gasteiger partial charge in [-0.2, -0.15) is 0 Å². The lowest BCUT2D eigenvalue weighted by atomic mass is 10.2. The third kappa shape index (κ3) is 3.13. The van der Waals surface area contributed by atoms with Gasteiger partial charge in [0.15, 0.2) is 0 Å². The molecule has 2 aromatic heterocycles. The van der Waals surface area contributed by atoms with Gasteiger partial charge in [-0.05, 0) is 31.2 Å². The van der Waals surface area contributed by atoms with E-state index in [1.54, 1.807) is 6.26 Å². The monoisotopic (exact) mass is 283 g/mol. The lowest BCUT2D eigenvalue weighted by Gasteiger charge is -2.10. The van der Waals surface area contributed by atoms with Crippen molar-refractivity contribution in [2.45, 2.75) is 25.8 Å². The highest BCUT2D eigenvalue weighted by atomic mass is 16.3. The normalized spacial score (nSPS) is 12.4. The molecule has 5 nitrogen and oxygen atoms in total. The Bertz CT molecular complexity index is 698. The first-order valence-electron chi connectivity index (χ1n) is 6.99. The van der Waals surface area contributed by atoms with E-state index in [2.05, 4.69) is 15.3 Å². The van der Waals surface area contributed by atoms with E-state index >= 15 is 0 Å². The zero-order valence-corrected chi connectivity index (χ0v) is 11.8. The van der Waals surface area contributed by atoms with Crippen LogP contribution in [-0.2, 0) is 11.2 Å². The number of furan rings is 1. The number of aryl methyl sites for hydroxylation is 1. The second-order valence-corrected chi connectivity index (χ2v) is 5.01. The van der Waals surface area contributed by atoms with Gasteiger partial charge in [0, 0.05) is 12.8 Å². The van der Waals surface area contributed by atoms with Crippen LogP contribution < -0.4 is 5.32 Å². The Morgan fingerprint density at radius 2 is 2.19 bits per heavy atom. The number of amides is 1. The van der Waals surface area contributed by atoms with Crippen LogP contribution in [-0.4, -0.2) is 15.9 Å². The summed E-state index contributed by atoms with van der Waals surface area (Å²) in [7, 11) is 0. The van der Waals surface area contributed by atoms with Crippen LogP contribution in [0.4, 0.5) is 0 Å². The second-order valence-electron chi connectivity index (χ2n) is 5.01. The van der Waals surface area contributed by atoms with Crippen LogP contribution in [0, 0.1) is 0 Å². The summed E-state index contributed by atoms with van der Waals surface area (Å²) in [5, 5.41) is 2.95. The summed E-state index contributed by atoms with van der Waals surface area (Å²) in [5.74, 6) is 1.57. The molecule has 0 fully saturated rings. The first kappa shape index (κ1) is 13.4. The first-order valence-corrected chi connectivity index (χ1v) is 6.99. The van der Waals surface area contributed by atoms with Gasteiger partial charge in [-0.3, -0.25) is 4.79 Å². The molecule has 0 aliphatic heterocycles. The number of nitrogens with zero attached hydrogens (tertiary/aromatic N) is 1. The van der Waals surface area contributed by atoms with Gasteiger partial charge in [-0.25, -0.2) is 4.98 Å². The van der Waals surface area contributed by atoms with Crippen molar-refractivity contribution in [3.8, 4) is 0 Å². The highest BCUT2D eigenvalue weighted by molar-refractivity contribution is 5.77. The summed E-state index contributed by atoms with van der Waals surface area (Å²) in [6.07, 6.45) is 2.62. The predicted molar refractivity (Wildman–Crippen MR) is 79.7 cm³/mol. The molecule has 3 rings (SSSR count). The average Bonchev–Trinajstić information content (AvgIpc) is 3.14. The molecule has 0 aliphatic carbocycles. The van der Waals surface area contributed by atoms with E-state index in [1.807, 2.05) is 43.3 Å². The van der Waals surface area contributed by atoms with E-state index in [4.69, 9.17) is 4.42 Å². The molecule has 1 atom stereocenters. The quantitative estimate of drug-likeness (QED) is 0.756. The summed E-state index contributed by atoms with van der Waals surface area (Å²) >= 11 is 0. The maximum Gasteiger partial charge on any atom is 0.221 e. The highest BCUT2D eigenvalue weighted by Crippen LogP contribution is 2.15. The van der Waals surface area contributed by atoms with Crippen molar-refractivity contribution in [2.24, 2.45) is 0 Å². The SMILES string of the molecule is CC(NC(=O)CCc1ccco1)c1nc2ccccc2[nH]1. The van der Waals surface area contributed by atoms with Crippen molar-refractivity contribution in [1.29, 1.82) is 0 Å². The minimum absolute atomic E-state index is 0.0145. The summed E-state index contributed by atoms with van der Waals surface area (Å²) in [4.78, 5) is 19.7. The van der Waals surface area contributed by atoms with Gasteiger partial charge in [0.05, 0.1) is 23.3 Å². The fourth-order valence-electron chi connectivity index (χ4n) is 2.25. The Balaban J connectivity index is 1.60. The Labute approximate surface area is 122 Å². The van der Waals surface area contributed by atoms with Gasteiger partial charge in [-0.1, -0.05) is 12.1 Å². The molecule has 2 N–H and O–H groups in total. The van der Waals surface area contributed by atoms with E-state index in [1.165, 1.54) is 0 Å². The maximum absolute atomic E-state index is 11.9. The van der Waals surface area contributed by atoms with E-state index in [0.717, 1.165) is 22.6 Å². The van der Waals surface area contributed by atoms with E-state index in [0.29, 0.717) is 12.8 Å². The Kier molecular flexibility index (Phi) is 3.73. The zero-order valence-electron chi connectivity index (χ0n) is 11.8. The molecule has 21 heavy (non-hydrogen) atoms. The number of H-pyrrole nitrogens is 1. The zero-order chi connectivity index (χ0) is 14.7. The molecule has 0 bridgehead atoms. The van der Waals surface area contributed by atoms with E-state index in [-0.39, 0.29) is 11.9 Å². The third-order valence-electron chi connectivity index (χ3n) is 3.37. The number of carbonyl (C=O) groups excluding carboxylic acids is 1. The first-order chi connectivity index (χ1) is 10.2. The number of imidazole rings is 1. The Hall–Kier alpha value is -2.56. The minimum atomic E-state index is -0.151. The van der Waals surface area contributed by atoms with E-state index in [9.17, 15) is 4.79 Å². The average molecular weight is 283 g/mol. The molecule has 108 valence electrons. The van der Waals surface area contributed by atoms with Crippen molar-refractivity contribution in [3.05, 3.63) is 54.2 Å². The molecule has 0 aliphatic rings. The number of hydrogen-bond donors (Lipinski definition) is 2. The van der Waals surface area contributed by atoms with Gasteiger partial charge in [0.1, 0.15) is 11.6 Å². The molecule has 0 saturated heterocycles. The number of nitrogens with one attached hydrogen (secondary N) is 2. The molecule has 2 heterocycles. The number of hydrogen-bond acceptors (Lipinski definition) is 3. The van der Waals surface area contributed by atoms with Crippen LogP contribution >= 0.6 is 0 Å². The minimum Gasteiger partial charge on any atom is -0.469 e. The Morgan fingerprint density at radius 1 is 1.33 bits per heavy atom. The molecular formula is C16H17N3O2. The molecule has 0 saturated carbocycles. The molecule has 3 aromatic rings. The van der Waals surface area contributed by atoms with Gasteiger partial charge in [-0.15, -0.1) is 0 Å². The van der Waals surface area contributed by atoms with Gasteiger partial charge in [0.25, 0.3) is 0 Å². The van der Waals surface area contributed by atoms with Crippen LogP contribution in [0.25, 0.3) is 11.0 Å². The number of carbonyl (C=O) groups is 1. The maximum atomic E-state index is 11.9. The summed E-state index contributed by atoms with van der Waals surface area (Å²) < 4.78 is 5.21. The standard InChI is InChI=1S/C16H17N3O2/c1-11(16-18-13-6-2-3-7-14(13)19-16)17-15(20)9-8-12-5-4-10-21-12/h2-7,10-11H,8-9H2,1H3,(H,17,20)(H,18,19). The van der Waals surface area contributed by atoms with Crippen molar-refractivity contribution in [1.82, 2.24) is 15.3 Å². The smallest absolute Gasteiger partial charge is 0.221 e. The highest BCUT2D eigenvalue weighted by Gasteiger charge is 2.13. The predicted octanol–water partition coefficient (Wildman–Crippen LogP) is 2.97. The summed E-state index contributed by atoms with van der Waals surface area (Å²) in [6.45, 7) is 1.92. The molecular weight excluding hydrogens is 266 g/mol. The van der Waals surface area contributed by atoms with Crippen LogP contribution in [0.2, 0.25) is 0 Å². The Morgan fingerprint density at radius 3 is 2.95 bits per heavy atom. The number of para-hydroxylation sites is 2. The fourth-order valence-corrected chi connectivity index (χ4v) is 2.25. The summed E-state index contributed by atoms with van der Waals surface area (Å²) in [6, 6.07) is 11.4. The second kappa shape index (κ2) is 5.83. The molecule has 1 amide bonds. The van der Waals surface area contributed by atoms with Gasteiger partial charge in [0.2, 0.25) is 5.91 Å². The van der Waals surface area contributed by atoms with Gasteiger partial charge >= 0.3 is 0 Å². The number of aromatic amines is 1. The van der Waals surface area contributed by atoms with Crippen LogP contribution in [0.5, 0.6) is 0 Å². The summed E-state index contributed by atoms with van der Waals surface area (Å²) in [5.41, 5.74) is 1.88. The lowest BCUT2D eigenvalue weighted by molar-refractivity contribution is -0.121. The number of benzene rings is 1. The number of aromatic nitrogens is 2. The van der Waals surface area contributed by atoms with E-state index < -0.39 is 0 Å². The third-order valence-corrected chi connectivity index (χ3v) is 3.37. The number of rotatable bonds is 5. The number of fused-ring (bicyclic) bond motifs is 1. The fraction of sp³-hybridized carbons (Fsp3) is 0.250. The van der Waals surface area contributed by atoms with Crippen molar-refractivity contribution in [3.63, 3.8) is 0 Å². The van der Waals surface area contributed by atoms with Crippen molar-refractivity contribution >= 4 is 16.9 Å². The van der Waals surface area contributed by atoms with Crippen LogP contribution in [0.1, 0.15) is 31.0 Å². The van der Waals surface area contributed by atoms with Crippen LogP contribution in [0.15, 0.2) is 47.1 Å². The molecule has 1 unspecified atom stereocenters. The molecule has 0 spiro atoms. The molecule has 0 radical (unpaired) electrons. The molecule has 1 aromatic carbocycles. The molecule has 5 heteroatoms. The lowest BCUT2D eigenvalue weighted by Crippen LogP contribution is -2.27. The van der Waals surface area contributed by atoms with Crippen molar-refractivity contribution in [2.75, 3.05) is 0 Å². The topological polar surface area (TPSA) is 70.9 Å².